The molecule has 3 aromatic rings. The molecule has 0 unspecified atom stereocenters. The number of benzene rings is 1. The number of aromatic amines is 1. The van der Waals surface area contributed by atoms with E-state index < -0.39 is 0 Å². The summed E-state index contributed by atoms with van der Waals surface area (Å²) in [6, 6.07) is 12.6. The molecule has 1 amide bonds. The summed E-state index contributed by atoms with van der Waals surface area (Å²) in [6.45, 7) is 0.208. The lowest BCUT2D eigenvalue weighted by Crippen LogP contribution is -2.23. The number of hydrogen-bond donors (Lipinski definition) is 2. The van der Waals surface area contributed by atoms with Crippen LogP contribution in [0.3, 0.4) is 0 Å². The number of rotatable bonds is 4. The molecule has 0 radical (unpaired) electrons. The van der Waals surface area contributed by atoms with Crippen molar-refractivity contribution in [2.45, 2.75) is 0 Å². The zero-order valence-electron chi connectivity index (χ0n) is 13.0. The van der Waals surface area contributed by atoms with Crippen LogP contribution < -0.4 is 10.1 Å². The topological polar surface area (TPSA) is 80.1 Å². The number of H-pyrrole nitrogens is 1. The predicted octanol–water partition coefficient (Wildman–Crippen LogP) is 2.46. The second-order valence-electron chi connectivity index (χ2n) is 4.83. The average molecular weight is 321 g/mol. The van der Waals surface area contributed by atoms with Gasteiger partial charge in [-0.15, -0.1) is 0 Å². The Kier molecular flexibility index (Phi) is 4.63. The number of hydrogen-bond acceptors (Lipinski definition) is 4. The molecule has 0 spiro atoms. The van der Waals surface area contributed by atoms with Crippen molar-refractivity contribution >= 4 is 5.91 Å². The number of aromatic nitrogens is 2. The van der Waals surface area contributed by atoms with E-state index in [9.17, 15) is 4.79 Å². The number of nitrogens with one attached hydrogen (secondary N) is 2. The highest BCUT2D eigenvalue weighted by atomic mass is 16.5. The molecule has 0 saturated carbocycles. The Balaban J connectivity index is 1.60. The third-order valence-electron chi connectivity index (χ3n) is 3.26. The fourth-order valence-corrected chi connectivity index (χ4v) is 2.10. The maximum Gasteiger partial charge on any atom is 0.272 e. The van der Waals surface area contributed by atoms with Crippen molar-refractivity contribution in [1.29, 1.82) is 0 Å². The molecule has 24 heavy (non-hydrogen) atoms. The molecule has 2 N–H and O–H groups in total. The van der Waals surface area contributed by atoms with Crippen LogP contribution in [0.25, 0.3) is 11.5 Å². The number of carbonyl (C=O) groups excluding carboxylic acids is 1. The lowest BCUT2D eigenvalue weighted by Gasteiger charge is -2.01. The van der Waals surface area contributed by atoms with E-state index in [1.807, 2.05) is 24.3 Å². The van der Waals surface area contributed by atoms with Crippen LogP contribution in [0.2, 0.25) is 0 Å². The van der Waals surface area contributed by atoms with Gasteiger partial charge in [0.15, 0.2) is 11.5 Å². The van der Waals surface area contributed by atoms with Crippen LogP contribution >= 0.6 is 0 Å². The summed E-state index contributed by atoms with van der Waals surface area (Å²) in [4.78, 5) is 12.0. The second kappa shape index (κ2) is 7.20. The quantitative estimate of drug-likeness (QED) is 0.723. The van der Waals surface area contributed by atoms with Gasteiger partial charge in [-0.3, -0.25) is 9.89 Å². The van der Waals surface area contributed by atoms with Crippen molar-refractivity contribution in [1.82, 2.24) is 15.5 Å². The van der Waals surface area contributed by atoms with E-state index >= 15 is 0 Å². The van der Waals surface area contributed by atoms with Crippen LogP contribution in [0.5, 0.6) is 5.75 Å². The van der Waals surface area contributed by atoms with E-state index in [-0.39, 0.29) is 18.1 Å². The van der Waals surface area contributed by atoms with Crippen LogP contribution in [0.1, 0.15) is 16.1 Å². The molecule has 0 atom stereocenters. The summed E-state index contributed by atoms with van der Waals surface area (Å²) < 4.78 is 10.5. The van der Waals surface area contributed by atoms with Gasteiger partial charge in [0.05, 0.1) is 25.5 Å². The average Bonchev–Trinajstić information content (AvgIpc) is 3.29. The maximum atomic E-state index is 12.0. The lowest BCUT2D eigenvalue weighted by atomic mass is 10.2. The zero-order valence-corrected chi connectivity index (χ0v) is 13.0. The Bertz CT molecular complexity index is 886. The molecule has 6 nitrogen and oxygen atoms in total. The number of furan rings is 1. The summed E-state index contributed by atoms with van der Waals surface area (Å²) in [5.74, 6) is 6.87. The molecule has 2 aromatic heterocycles. The lowest BCUT2D eigenvalue weighted by molar-refractivity contribution is 0.0953. The molecule has 2 heterocycles. The van der Waals surface area contributed by atoms with Gasteiger partial charge in [-0.2, -0.15) is 5.10 Å². The van der Waals surface area contributed by atoms with Gasteiger partial charge in [0.1, 0.15) is 11.4 Å². The van der Waals surface area contributed by atoms with Gasteiger partial charge in [0.25, 0.3) is 5.91 Å². The smallest absolute Gasteiger partial charge is 0.272 e. The molecule has 0 bridgehead atoms. The number of carbonyl (C=O) groups is 1. The molecule has 0 fully saturated rings. The number of ether oxygens (including phenoxy) is 1. The highest BCUT2D eigenvalue weighted by Crippen LogP contribution is 2.17. The Hall–Kier alpha value is -3.46. The Labute approximate surface area is 138 Å². The van der Waals surface area contributed by atoms with Gasteiger partial charge in [-0.25, -0.2) is 0 Å². The fraction of sp³-hybridized carbons (Fsp3) is 0.111. The summed E-state index contributed by atoms with van der Waals surface area (Å²) in [7, 11) is 1.59. The summed E-state index contributed by atoms with van der Waals surface area (Å²) in [5, 5.41) is 9.43. The first-order chi connectivity index (χ1) is 11.8. The Morgan fingerprint density at radius 2 is 2.21 bits per heavy atom. The SMILES string of the molecule is COc1ccccc1C#CCNC(=O)c1cc(-c2ccco2)[nH]n1. The maximum absolute atomic E-state index is 12.0. The van der Waals surface area contributed by atoms with Gasteiger partial charge in [-0.1, -0.05) is 24.0 Å². The molecule has 1 aromatic carbocycles. The Morgan fingerprint density at radius 1 is 1.33 bits per heavy atom. The molecular formula is C18H15N3O3. The fourth-order valence-electron chi connectivity index (χ4n) is 2.10. The van der Waals surface area contributed by atoms with Gasteiger partial charge in [-0.05, 0) is 24.3 Å². The van der Waals surface area contributed by atoms with Gasteiger partial charge < -0.3 is 14.5 Å². The summed E-state index contributed by atoms with van der Waals surface area (Å²) in [6.07, 6.45) is 1.56. The van der Waals surface area contributed by atoms with E-state index in [0.29, 0.717) is 17.2 Å². The third kappa shape index (κ3) is 3.47. The van der Waals surface area contributed by atoms with Gasteiger partial charge in [0.2, 0.25) is 0 Å². The van der Waals surface area contributed by atoms with Crippen molar-refractivity contribution in [2.75, 3.05) is 13.7 Å². The molecule has 0 aliphatic rings. The standard InChI is InChI=1S/C18H15N3O3/c1-23-16-8-3-2-6-13(16)7-4-10-19-18(22)15-12-14(20-21-15)17-9-5-11-24-17/h2-3,5-6,8-9,11-12H,10H2,1H3,(H,19,22)(H,20,21). The first-order valence-corrected chi connectivity index (χ1v) is 7.27. The molecule has 6 heteroatoms. The third-order valence-corrected chi connectivity index (χ3v) is 3.26. The first-order valence-electron chi connectivity index (χ1n) is 7.27. The van der Waals surface area contributed by atoms with Crippen molar-refractivity contribution in [2.24, 2.45) is 0 Å². The molecule has 120 valence electrons. The minimum absolute atomic E-state index is 0.208. The molecule has 3 rings (SSSR count). The highest BCUT2D eigenvalue weighted by Gasteiger charge is 2.11. The van der Waals surface area contributed by atoms with E-state index in [0.717, 1.165) is 5.56 Å². The zero-order chi connectivity index (χ0) is 16.8. The molecule has 0 aliphatic heterocycles. The highest BCUT2D eigenvalue weighted by molar-refractivity contribution is 5.93. The van der Waals surface area contributed by atoms with E-state index in [1.165, 1.54) is 0 Å². The van der Waals surface area contributed by atoms with Crippen LogP contribution in [0, 0.1) is 11.8 Å². The van der Waals surface area contributed by atoms with Crippen molar-refractivity contribution in [3.8, 4) is 29.0 Å². The van der Waals surface area contributed by atoms with Crippen molar-refractivity contribution in [3.05, 3.63) is 60.0 Å². The summed E-state index contributed by atoms with van der Waals surface area (Å²) >= 11 is 0. The number of amides is 1. The van der Waals surface area contributed by atoms with Crippen molar-refractivity contribution in [3.63, 3.8) is 0 Å². The van der Waals surface area contributed by atoms with Gasteiger partial charge in [0, 0.05) is 6.07 Å². The summed E-state index contributed by atoms with van der Waals surface area (Å²) in [5.41, 5.74) is 1.69. The van der Waals surface area contributed by atoms with Crippen molar-refractivity contribution < 1.29 is 13.9 Å². The normalized spacial score (nSPS) is 9.88. The number of methoxy groups -OCH3 is 1. The second-order valence-corrected chi connectivity index (χ2v) is 4.83. The van der Waals surface area contributed by atoms with Crippen LogP contribution in [0.15, 0.2) is 53.1 Å². The first kappa shape index (κ1) is 15.4. The van der Waals surface area contributed by atoms with E-state index in [2.05, 4.69) is 27.4 Å². The number of para-hydroxylation sites is 1. The predicted molar refractivity (Wildman–Crippen MR) is 88.5 cm³/mol. The van der Waals surface area contributed by atoms with E-state index in [4.69, 9.17) is 9.15 Å². The van der Waals surface area contributed by atoms with Crippen LogP contribution in [-0.2, 0) is 0 Å². The van der Waals surface area contributed by atoms with Crippen LogP contribution in [0.4, 0.5) is 0 Å². The largest absolute Gasteiger partial charge is 0.495 e. The minimum Gasteiger partial charge on any atom is -0.495 e. The number of nitrogens with zero attached hydrogens (tertiary/aromatic N) is 1. The monoisotopic (exact) mass is 321 g/mol. The van der Waals surface area contributed by atoms with Gasteiger partial charge >= 0.3 is 0 Å². The van der Waals surface area contributed by atoms with Crippen LogP contribution in [-0.4, -0.2) is 29.8 Å². The molecular weight excluding hydrogens is 306 g/mol. The van der Waals surface area contributed by atoms with E-state index in [1.54, 1.807) is 31.6 Å². The molecule has 0 saturated heterocycles. The minimum atomic E-state index is -0.307. The molecule has 0 aliphatic carbocycles. The Morgan fingerprint density at radius 3 is 3.00 bits per heavy atom.